The zero-order valence-electron chi connectivity index (χ0n) is 21.0. The number of halogens is 1. The second kappa shape index (κ2) is 8.85. The molecule has 2 heterocycles. The number of ether oxygens (including phenoxy) is 1. The molecule has 2 bridgehead atoms. The van der Waals surface area contributed by atoms with Crippen LogP contribution in [0.1, 0.15) is 78.9 Å². The van der Waals surface area contributed by atoms with Gasteiger partial charge >= 0.3 is 5.97 Å². The number of aromatic carboxylic acids is 1. The van der Waals surface area contributed by atoms with Crippen molar-refractivity contribution in [2.24, 2.45) is 7.05 Å². The van der Waals surface area contributed by atoms with E-state index in [2.05, 4.69) is 10.3 Å². The zero-order chi connectivity index (χ0) is 25.8. The number of methoxy groups -OCH3 is 1. The number of aryl methyl sites for hydroxylation is 1. The Morgan fingerprint density at radius 1 is 1.17 bits per heavy atom. The molecule has 190 valence electrons. The number of benzene rings is 1. The lowest BCUT2D eigenvalue weighted by Gasteiger charge is -2.52. The van der Waals surface area contributed by atoms with Crippen LogP contribution in [0.3, 0.4) is 0 Å². The van der Waals surface area contributed by atoms with Gasteiger partial charge in [0, 0.05) is 25.1 Å². The fourth-order valence-electron chi connectivity index (χ4n) is 6.18. The highest BCUT2D eigenvalue weighted by atomic mass is 35.5. The highest BCUT2D eigenvalue weighted by molar-refractivity contribution is 6.29. The number of aromatic nitrogens is 3. The highest BCUT2D eigenvalue weighted by Crippen LogP contribution is 2.54. The lowest BCUT2D eigenvalue weighted by atomic mass is 9.58. The number of hydrogen-bond donors (Lipinski definition) is 2. The fourth-order valence-corrected chi connectivity index (χ4v) is 6.32. The molecule has 3 aromatic rings. The third kappa shape index (κ3) is 3.96. The molecule has 3 aliphatic rings. The summed E-state index contributed by atoms with van der Waals surface area (Å²) in [4.78, 5) is 34.5. The van der Waals surface area contributed by atoms with Crippen molar-refractivity contribution in [1.82, 2.24) is 14.5 Å². The van der Waals surface area contributed by atoms with Crippen LogP contribution < -0.4 is 10.9 Å². The number of fused-ring (bicyclic) bond motifs is 4. The van der Waals surface area contributed by atoms with E-state index in [1.54, 1.807) is 23.8 Å². The molecule has 9 heteroatoms. The normalized spacial score (nSPS) is 24.1. The third-order valence-electron chi connectivity index (χ3n) is 8.34. The first kappa shape index (κ1) is 24.7. The SMILES string of the molecule is COC12CCC(c3nc4c([C@@H](C)Nc5ccc(Cl)nc5C(=O)O)cc(C)cc4c(=O)n3C)(CC1)CC2. The van der Waals surface area contributed by atoms with Gasteiger partial charge in [0.25, 0.3) is 5.56 Å². The predicted molar refractivity (Wildman–Crippen MR) is 139 cm³/mol. The first-order chi connectivity index (χ1) is 17.1. The summed E-state index contributed by atoms with van der Waals surface area (Å²) in [6.07, 6.45) is 5.74. The molecule has 0 amide bonds. The summed E-state index contributed by atoms with van der Waals surface area (Å²) in [5.41, 5.74) is 2.39. The Labute approximate surface area is 214 Å². The first-order valence-electron chi connectivity index (χ1n) is 12.3. The van der Waals surface area contributed by atoms with Crippen LogP contribution in [0.2, 0.25) is 5.15 Å². The molecule has 2 N–H and O–H groups in total. The van der Waals surface area contributed by atoms with Crippen LogP contribution in [0.15, 0.2) is 29.1 Å². The van der Waals surface area contributed by atoms with E-state index in [0.717, 1.165) is 55.5 Å². The number of hydrogen-bond acceptors (Lipinski definition) is 6. The summed E-state index contributed by atoms with van der Waals surface area (Å²) in [5.74, 6) is -0.336. The Kier molecular flexibility index (Phi) is 6.08. The molecular formula is C27H31ClN4O4. The van der Waals surface area contributed by atoms with Crippen LogP contribution >= 0.6 is 11.6 Å². The lowest BCUT2D eigenvalue weighted by molar-refractivity contribution is -0.0976. The Morgan fingerprint density at radius 2 is 1.83 bits per heavy atom. The van der Waals surface area contributed by atoms with Gasteiger partial charge in [0.1, 0.15) is 11.0 Å². The van der Waals surface area contributed by atoms with Crippen LogP contribution in [0.5, 0.6) is 0 Å². The molecular weight excluding hydrogens is 480 g/mol. The van der Waals surface area contributed by atoms with Gasteiger partial charge in [0.05, 0.1) is 28.2 Å². The third-order valence-corrected chi connectivity index (χ3v) is 8.55. The van der Waals surface area contributed by atoms with Crippen molar-refractivity contribution in [3.8, 4) is 0 Å². The van der Waals surface area contributed by atoms with Crippen LogP contribution in [-0.4, -0.2) is 38.3 Å². The minimum absolute atomic E-state index is 0.0351. The molecule has 6 rings (SSSR count). The summed E-state index contributed by atoms with van der Waals surface area (Å²) in [6, 6.07) is 6.71. The van der Waals surface area contributed by atoms with Gasteiger partial charge < -0.3 is 15.2 Å². The first-order valence-corrected chi connectivity index (χ1v) is 12.7. The topological polar surface area (TPSA) is 106 Å². The van der Waals surface area contributed by atoms with Gasteiger partial charge in [-0.25, -0.2) is 14.8 Å². The predicted octanol–water partition coefficient (Wildman–Crippen LogP) is 5.15. The fraction of sp³-hybridized carbons (Fsp3) is 0.481. The Balaban J connectivity index is 1.61. The molecule has 8 nitrogen and oxygen atoms in total. The molecule has 1 atom stereocenters. The van der Waals surface area contributed by atoms with Gasteiger partial charge in [-0.1, -0.05) is 17.7 Å². The van der Waals surface area contributed by atoms with Crippen molar-refractivity contribution in [3.05, 3.63) is 62.4 Å². The molecule has 0 radical (unpaired) electrons. The van der Waals surface area contributed by atoms with E-state index < -0.39 is 5.97 Å². The minimum atomic E-state index is -1.17. The van der Waals surface area contributed by atoms with Gasteiger partial charge in [0.15, 0.2) is 5.69 Å². The van der Waals surface area contributed by atoms with E-state index in [-0.39, 0.29) is 33.5 Å². The summed E-state index contributed by atoms with van der Waals surface area (Å²) in [6.45, 7) is 3.88. The molecule has 0 saturated heterocycles. The van der Waals surface area contributed by atoms with Crippen LogP contribution in [0, 0.1) is 6.92 Å². The number of carboxylic acids is 1. The summed E-state index contributed by atoms with van der Waals surface area (Å²) >= 11 is 5.93. The number of nitrogens with zero attached hydrogens (tertiary/aromatic N) is 3. The van der Waals surface area contributed by atoms with Crippen molar-refractivity contribution in [2.45, 2.75) is 69.4 Å². The maximum absolute atomic E-state index is 13.6. The number of carboxylic acid groups (broad SMARTS) is 1. The average molecular weight is 511 g/mol. The molecule has 3 aliphatic carbocycles. The van der Waals surface area contributed by atoms with E-state index in [0.29, 0.717) is 16.6 Å². The Bertz CT molecular complexity index is 1410. The van der Waals surface area contributed by atoms with Crippen LogP contribution in [0.4, 0.5) is 5.69 Å². The van der Waals surface area contributed by atoms with E-state index in [9.17, 15) is 14.7 Å². The van der Waals surface area contributed by atoms with Crippen molar-refractivity contribution in [3.63, 3.8) is 0 Å². The smallest absolute Gasteiger partial charge is 0.356 e. The number of carbonyl (C=O) groups is 1. The summed E-state index contributed by atoms with van der Waals surface area (Å²) < 4.78 is 7.61. The second-order valence-corrected chi connectivity index (χ2v) is 10.8. The van der Waals surface area contributed by atoms with E-state index in [1.807, 2.05) is 33.0 Å². The van der Waals surface area contributed by atoms with E-state index in [1.165, 1.54) is 0 Å². The van der Waals surface area contributed by atoms with Crippen molar-refractivity contribution in [2.75, 3.05) is 12.4 Å². The number of rotatable bonds is 6. The van der Waals surface area contributed by atoms with Gasteiger partial charge in [-0.3, -0.25) is 9.36 Å². The molecule has 36 heavy (non-hydrogen) atoms. The molecule has 0 spiro atoms. The van der Waals surface area contributed by atoms with Gasteiger partial charge in [-0.15, -0.1) is 0 Å². The van der Waals surface area contributed by atoms with Gasteiger partial charge in [-0.2, -0.15) is 0 Å². The Hall–Kier alpha value is -2.97. The highest BCUT2D eigenvalue weighted by Gasteiger charge is 2.51. The maximum Gasteiger partial charge on any atom is 0.356 e. The minimum Gasteiger partial charge on any atom is -0.476 e. The number of nitrogens with one attached hydrogen (secondary N) is 1. The zero-order valence-corrected chi connectivity index (χ0v) is 21.8. The van der Waals surface area contributed by atoms with Crippen molar-refractivity contribution in [1.29, 1.82) is 0 Å². The quantitative estimate of drug-likeness (QED) is 0.441. The van der Waals surface area contributed by atoms with E-state index in [4.69, 9.17) is 21.3 Å². The maximum atomic E-state index is 13.6. The van der Waals surface area contributed by atoms with Crippen LogP contribution in [0.25, 0.3) is 10.9 Å². The monoisotopic (exact) mass is 510 g/mol. The molecule has 2 aromatic heterocycles. The molecule has 3 fully saturated rings. The van der Waals surface area contributed by atoms with Crippen LogP contribution in [-0.2, 0) is 17.2 Å². The molecule has 0 unspecified atom stereocenters. The summed E-state index contributed by atoms with van der Waals surface area (Å²) in [7, 11) is 3.63. The van der Waals surface area contributed by atoms with Gasteiger partial charge in [-0.05, 0) is 76.1 Å². The van der Waals surface area contributed by atoms with Crippen molar-refractivity contribution < 1.29 is 14.6 Å². The average Bonchev–Trinajstić information content (AvgIpc) is 2.88. The number of pyridine rings is 1. The molecule has 3 saturated carbocycles. The lowest BCUT2D eigenvalue weighted by Crippen LogP contribution is -2.51. The number of anilines is 1. The standard InChI is InChI=1S/C27H31ClN4O4/c1-15-13-17(16(2)29-19-5-6-20(28)30-22(19)24(34)35)21-18(14-15)23(33)32(3)25(31-21)26-7-10-27(36-4,11-8-26)12-9-26/h5-6,13-14,16,29H,7-12H2,1-4H3,(H,34,35)/t16-,26?,27?/m1/s1. The molecule has 1 aromatic carbocycles. The Morgan fingerprint density at radius 3 is 2.44 bits per heavy atom. The van der Waals surface area contributed by atoms with Gasteiger partial charge in [0.2, 0.25) is 0 Å². The summed E-state index contributed by atoms with van der Waals surface area (Å²) in [5, 5.41) is 13.5. The van der Waals surface area contributed by atoms with E-state index >= 15 is 0 Å². The molecule has 0 aliphatic heterocycles. The largest absolute Gasteiger partial charge is 0.476 e. The second-order valence-electron chi connectivity index (χ2n) is 10.4. The van der Waals surface area contributed by atoms with Crippen molar-refractivity contribution >= 4 is 34.2 Å².